The molecule has 0 atom stereocenters. The zero-order valence-corrected chi connectivity index (χ0v) is 10.3. The number of nitrogens with zero attached hydrogens (tertiary/aromatic N) is 3. The minimum absolute atomic E-state index is 0.0317. The minimum Gasteiger partial charge on any atom is -0.462 e. The van der Waals surface area contributed by atoms with Gasteiger partial charge in [-0.15, -0.1) is 0 Å². The highest BCUT2D eigenvalue weighted by molar-refractivity contribution is 7.89. The summed E-state index contributed by atoms with van der Waals surface area (Å²) in [7, 11) is -0.274. The molecule has 1 aromatic heterocycles. The van der Waals surface area contributed by atoms with Gasteiger partial charge in [0.1, 0.15) is 6.61 Å². The molecule has 0 saturated carbocycles. The van der Waals surface area contributed by atoms with E-state index in [0.717, 1.165) is 4.31 Å². The summed E-state index contributed by atoms with van der Waals surface area (Å²) in [5, 5.41) is 0. The van der Waals surface area contributed by atoms with Gasteiger partial charge in [0.2, 0.25) is 10.0 Å². The molecular formula is C9H14N3O3S. The molecule has 7 heteroatoms. The van der Waals surface area contributed by atoms with Crippen molar-refractivity contribution in [3.63, 3.8) is 0 Å². The fourth-order valence-electron chi connectivity index (χ4n) is 0.876. The van der Waals surface area contributed by atoms with E-state index in [9.17, 15) is 8.42 Å². The maximum absolute atomic E-state index is 11.4. The zero-order chi connectivity index (χ0) is 12.2. The zero-order valence-electron chi connectivity index (χ0n) is 9.47. The van der Waals surface area contributed by atoms with Crippen molar-refractivity contribution in [1.29, 1.82) is 0 Å². The van der Waals surface area contributed by atoms with Crippen molar-refractivity contribution < 1.29 is 13.2 Å². The molecule has 0 unspecified atom stereocenters. The highest BCUT2D eigenvalue weighted by Crippen LogP contribution is 2.02. The largest absolute Gasteiger partial charge is 0.462 e. The van der Waals surface area contributed by atoms with Crippen LogP contribution in [-0.4, -0.2) is 49.1 Å². The molecule has 0 amide bonds. The molecule has 0 bridgehead atoms. The van der Waals surface area contributed by atoms with E-state index in [0.29, 0.717) is 5.69 Å². The van der Waals surface area contributed by atoms with Crippen LogP contribution in [0.15, 0.2) is 6.20 Å². The van der Waals surface area contributed by atoms with Gasteiger partial charge in [-0.1, -0.05) is 0 Å². The third-order valence-electron chi connectivity index (χ3n) is 1.84. The first-order chi connectivity index (χ1) is 7.42. The number of hydrogen-bond donors (Lipinski definition) is 0. The molecule has 1 heterocycles. The van der Waals surface area contributed by atoms with E-state index >= 15 is 0 Å². The molecule has 16 heavy (non-hydrogen) atoms. The van der Waals surface area contributed by atoms with Crippen molar-refractivity contribution in [2.75, 3.05) is 26.5 Å². The van der Waals surface area contributed by atoms with Gasteiger partial charge in [0.05, 0.1) is 11.4 Å². The molecule has 0 fully saturated rings. The summed E-state index contributed by atoms with van der Waals surface area (Å²) < 4.78 is 29.1. The smallest absolute Gasteiger partial charge is 0.316 e. The van der Waals surface area contributed by atoms with Crippen LogP contribution in [0.3, 0.4) is 0 Å². The molecule has 1 aromatic rings. The van der Waals surface area contributed by atoms with Crippen molar-refractivity contribution in [1.82, 2.24) is 14.3 Å². The van der Waals surface area contributed by atoms with E-state index < -0.39 is 10.0 Å². The van der Waals surface area contributed by atoms with Gasteiger partial charge < -0.3 is 4.74 Å². The molecule has 0 spiro atoms. The Morgan fingerprint density at radius 1 is 1.50 bits per heavy atom. The van der Waals surface area contributed by atoms with Gasteiger partial charge >= 0.3 is 6.01 Å². The lowest BCUT2D eigenvalue weighted by atomic mass is 10.5. The van der Waals surface area contributed by atoms with Crippen LogP contribution in [0, 0.1) is 13.0 Å². The minimum atomic E-state index is -3.23. The highest BCUT2D eigenvalue weighted by atomic mass is 32.2. The standard InChI is InChI=1S/C9H14N3O3S/c1-8-4-5-10-9(11-8)15-6-7-16(13,14)12(2)3/h5H,6-7H2,1-3H3. The van der Waals surface area contributed by atoms with Gasteiger partial charge in [-0.3, -0.25) is 0 Å². The van der Waals surface area contributed by atoms with Gasteiger partial charge in [-0.2, -0.15) is 4.98 Å². The van der Waals surface area contributed by atoms with Crippen molar-refractivity contribution in [3.8, 4) is 6.01 Å². The summed E-state index contributed by atoms with van der Waals surface area (Å²) >= 11 is 0. The summed E-state index contributed by atoms with van der Waals surface area (Å²) in [5.74, 6) is -0.0962. The average Bonchev–Trinajstić information content (AvgIpc) is 2.17. The molecule has 0 aliphatic heterocycles. The SMILES string of the molecule is Cc1[c]cnc(OCCS(=O)(=O)N(C)C)n1. The monoisotopic (exact) mass is 244 g/mol. The van der Waals surface area contributed by atoms with Crippen LogP contribution in [0.25, 0.3) is 0 Å². The number of hydrogen-bond acceptors (Lipinski definition) is 5. The van der Waals surface area contributed by atoms with Crippen LogP contribution in [0.2, 0.25) is 0 Å². The predicted molar refractivity (Wildman–Crippen MR) is 58.6 cm³/mol. The second-order valence-electron chi connectivity index (χ2n) is 3.33. The molecule has 0 saturated heterocycles. The first-order valence-electron chi connectivity index (χ1n) is 4.66. The summed E-state index contributed by atoms with van der Waals surface area (Å²) in [6, 6.07) is 2.94. The van der Waals surface area contributed by atoms with Crippen LogP contribution in [0.4, 0.5) is 0 Å². The molecule has 89 valence electrons. The Balaban J connectivity index is 2.48. The van der Waals surface area contributed by atoms with E-state index in [4.69, 9.17) is 4.74 Å². The van der Waals surface area contributed by atoms with E-state index in [1.54, 1.807) is 6.92 Å². The third-order valence-corrected chi connectivity index (χ3v) is 3.64. The Bertz CT molecular complexity index is 445. The first kappa shape index (κ1) is 12.9. The Hall–Kier alpha value is -1.21. The normalized spacial score (nSPS) is 11.8. The van der Waals surface area contributed by atoms with Gasteiger partial charge in [0.15, 0.2) is 0 Å². The van der Waals surface area contributed by atoms with Crippen molar-refractivity contribution in [2.45, 2.75) is 6.92 Å². The molecule has 0 aromatic carbocycles. The average molecular weight is 244 g/mol. The Morgan fingerprint density at radius 3 is 2.75 bits per heavy atom. The number of ether oxygens (including phenoxy) is 1. The van der Waals surface area contributed by atoms with E-state index in [1.165, 1.54) is 20.3 Å². The third kappa shape index (κ3) is 3.74. The lowest BCUT2D eigenvalue weighted by molar-refractivity contribution is 0.310. The number of aryl methyl sites for hydroxylation is 1. The fraction of sp³-hybridized carbons (Fsp3) is 0.556. The number of sulfonamides is 1. The first-order valence-corrected chi connectivity index (χ1v) is 6.27. The van der Waals surface area contributed by atoms with E-state index in [1.807, 2.05) is 0 Å². The van der Waals surface area contributed by atoms with Gasteiger partial charge in [-0.25, -0.2) is 17.7 Å². The van der Waals surface area contributed by atoms with Crippen LogP contribution < -0.4 is 4.74 Å². The summed E-state index contributed by atoms with van der Waals surface area (Å²) in [6.07, 6.45) is 1.44. The summed E-state index contributed by atoms with van der Waals surface area (Å²) in [6.45, 7) is 1.79. The topological polar surface area (TPSA) is 72.4 Å². The second-order valence-corrected chi connectivity index (χ2v) is 5.63. The quantitative estimate of drug-likeness (QED) is 0.720. The van der Waals surface area contributed by atoms with Crippen molar-refractivity contribution in [3.05, 3.63) is 18.0 Å². The van der Waals surface area contributed by atoms with Crippen LogP contribution >= 0.6 is 0 Å². The van der Waals surface area contributed by atoms with Crippen LogP contribution in [0.1, 0.15) is 5.69 Å². The molecule has 6 nitrogen and oxygen atoms in total. The molecular weight excluding hydrogens is 230 g/mol. The number of aromatic nitrogens is 2. The molecule has 0 N–H and O–H groups in total. The van der Waals surface area contributed by atoms with E-state index in [2.05, 4.69) is 16.0 Å². The Morgan fingerprint density at radius 2 is 2.19 bits per heavy atom. The van der Waals surface area contributed by atoms with Crippen molar-refractivity contribution in [2.24, 2.45) is 0 Å². The maximum Gasteiger partial charge on any atom is 0.316 e. The molecule has 1 radical (unpaired) electrons. The summed E-state index contributed by atoms with van der Waals surface area (Å²) in [5.41, 5.74) is 0.653. The molecule has 0 aliphatic rings. The van der Waals surface area contributed by atoms with E-state index in [-0.39, 0.29) is 18.4 Å². The Labute approximate surface area is 95.3 Å². The second kappa shape index (κ2) is 5.22. The highest BCUT2D eigenvalue weighted by Gasteiger charge is 2.13. The van der Waals surface area contributed by atoms with Gasteiger partial charge in [0.25, 0.3) is 0 Å². The molecule has 0 aliphatic carbocycles. The Kier molecular flexibility index (Phi) is 4.19. The lowest BCUT2D eigenvalue weighted by Gasteiger charge is -2.11. The molecule has 1 rings (SSSR count). The fourth-order valence-corrected chi connectivity index (χ4v) is 1.53. The van der Waals surface area contributed by atoms with Crippen molar-refractivity contribution >= 4 is 10.0 Å². The van der Waals surface area contributed by atoms with Gasteiger partial charge in [-0.05, 0) is 6.92 Å². The predicted octanol–water partition coefficient (Wildman–Crippen LogP) is -0.145. The van der Waals surface area contributed by atoms with Gasteiger partial charge in [0, 0.05) is 26.4 Å². The van der Waals surface area contributed by atoms with Crippen LogP contribution in [0.5, 0.6) is 6.01 Å². The van der Waals surface area contributed by atoms with Crippen LogP contribution in [-0.2, 0) is 10.0 Å². The summed E-state index contributed by atoms with van der Waals surface area (Å²) in [4.78, 5) is 7.75. The maximum atomic E-state index is 11.4. The lowest BCUT2D eigenvalue weighted by Crippen LogP contribution is -2.28. The number of rotatable bonds is 5.